The number of hydrogen-bond acceptors (Lipinski definition) is 4. The highest BCUT2D eigenvalue weighted by Gasteiger charge is 2.28. The van der Waals surface area contributed by atoms with Crippen LogP contribution in [0.15, 0.2) is 54.7 Å². The topological polar surface area (TPSA) is 79.5 Å². The first kappa shape index (κ1) is 18.0. The van der Waals surface area contributed by atoms with Gasteiger partial charge in [0.2, 0.25) is 11.7 Å². The number of aromatic nitrogens is 1. The van der Waals surface area contributed by atoms with Gasteiger partial charge < -0.3 is 14.6 Å². The van der Waals surface area contributed by atoms with Gasteiger partial charge in [-0.3, -0.25) is 9.59 Å². The third kappa shape index (κ3) is 3.17. The molecule has 1 saturated heterocycles. The van der Waals surface area contributed by atoms with Gasteiger partial charge in [-0.1, -0.05) is 30.3 Å². The zero-order valence-electron chi connectivity index (χ0n) is 15.5. The van der Waals surface area contributed by atoms with E-state index < -0.39 is 12.1 Å². The summed E-state index contributed by atoms with van der Waals surface area (Å²) in [6, 6.07) is 14.3. The quantitative estimate of drug-likeness (QED) is 0.544. The number of aromatic amines is 1. The average molecular weight is 376 g/mol. The summed E-state index contributed by atoms with van der Waals surface area (Å²) in [4.78, 5) is 42.3. The van der Waals surface area contributed by atoms with Crippen LogP contribution in [0.4, 0.5) is 5.69 Å². The molecular weight excluding hydrogens is 356 g/mol. The number of amides is 1. The summed E-state index contributed by atoms with van der Waals surface area (Å²) in [7, 11) is 0. The molecule has 0 radical (unpaired) electrons. The van der Waals surface area contributed by atoms with Gasteiger partial charge >= 0.3 is 5.97 Å². The van der Waals surface area contributed by atoms with Crippen LogP contribution in [-0.2, 0) is 9.53 Å². The van der Waals surface area contributed by atoms with E-state index in [-0.39, 0.29) is 17.3 Å². The smallest absolute Gasteiger partial charge is 0.340 e. The number of Topliss-reactive ketones (excluding diaryl/α,β-unsaturated/α-hetero) is 1. The summed E-state index contributed by atoms with van der Waals surface area (Å²) >= 11 is 0. The van der Waals surface area contributed by atoms with Crippen LogP contribution in [0.1, 0.15) is 40.5 Å². The van der Waals surface area contributed by atoms with Gasteiger partial charge in [-0.25, -0.2) is 4.79 Å². The minimum Gasteiger partial charge on any atom is -0.451 e. The van der Waals surface area contributed by atoms with E-state index in [2.05, 4.69) is 4.98 Å². The van der Waals surface area contributed by atoms with Crippen molar-refractivity contribution >= 4 is 34.3 Å². The maximum Gasteiger partial charge on any atom is 0.340 e. The van der Waals surface area contributed by atoms with Crippen LogP contribution >= 0.6 is 0 Å². The summed E-state index contributed by atoms with van der Waals surface area (Å²) in [6.45, 7) is 2.14. The average Bonchev–Trinajstić information content (AvgIpc) is 3.33. The number of fused-ring (bicyclic) bond motifs is 1. The summed E-state index contributed by atoms with van der Waals surface area (Å²) < 4.78 is 5.47. The normalized spacial score (nSPS) is 15.0. The molecule has 0 bridgehead atoms. The Labute approximate surface area is 162 Å². The molecule has 2 heterocycles. The van der Waals surface area contributed by atoms with Gasteiger partial charge in [0.05, 0.1) is 11.3 Å². The molecule has 6 nitrogen and oxygen atoms in total. The van der Waals surface area contributed by atoms with Crippen LogP contribution < -0.4 is 4.90 Å². The Morgan fingerprint density at radius 2 is 1.82 bits per heavy atom. The van der Waals surface area contributed by atoms with E-state index in [0.717, 1.165) is 17.3 Å². The van der Waals surface area contributed by atoms with Gasteiger partial charge in [-0.15, -0.1) is 0 Å². The molecule has 1 N–H and O–H groups in total. The highest BCUT2D eigenvalue weighted by atomic mass is 16.5. The monoisotopic (exact) mass is 376 g/mol. The largest absolute Gasteiger partial charge is 0.451 e. The number of anilines is 1. The number of H-pyrrole nitrogens is 1. The predicted molar refractivity (Wildman–Crippen MR) is 106 cm³/mol. The zero-order chi connectivity index (χ0) is 19.7. The molecule has 0 aliphatic carbocycles. The first-order valence-electron chi connectivity index (χ1n) is 9.27. The fourth-order valence-corrected chi connectivity index (χ4v) is 3.56. The van der Waals surface area contributed by atoms with Crippen molar-refractivity contribution in [3.05, 3.63) is 65.9 Å². The fraction of sp³-hybridized carbons (Fsp3) is 0.227. The van der Waals surface area contributed by atoms with E-state index in [0.29, 0.717) is 24.2 Å². The van der Waals surface area contributed by atoms with Crippen LogP contribution in [0.3, 0.4) is 0 Å². The van der Waals surface area contributed by atoms with Gasteiger partial charge in [0.25, 0.3) is 0 Å². The van der Waals surface area contributed by atoms with Crippen LogP contribution in [-0.4, -0.2) is 35.3 Å². The number of rotatable bonds is 5. The number of para-hydroxylation sites is 2. The molecule has 1 aliphatic heterocycles. The van der Waals surface area contributed by atoms with Gasteiger partial charge in [0.1, 0.15) is 0 Å². The number of carbonyl (C=O) groups is 3. The van der Waals surface area contributed by atoms with Crippen molar-refractivity contribution in [3.8, 4) is 0 Å². The van der Waals surface area contributed by atoms with Crippen LogP contribution in [0.25, 0.3) is 10.9 Å². The molecule has 2 aromatic carbocycles. The molecule has 1 fully saturated rings. The minimum absolute atomic E-state index is 0.0110. The lowest BCUT2D eigenvalue weighted by molar-refractivity contribution is -0.117. The second-order valence-electron chi connectivity index (χ2n) is 6.83. The van der Waals surface area contributed by atoms with E-state index in [1.54, 1.807) is 42.3 Å². The third-order valence-electron chi connectivity index (χ3n) is 5.00. The first-order valence-corrected chi connectivity index (χ1v) is 9.27. The molecule has 0 spiro atoms. The van der Waals surface area contributed by atoms with Crippen molar-refractivity contribution in [2.24, 2.45) is 0 Å². The van der Waals surface area contributed by atoms with Crippen molar-refractivity contribution in [3.63, 3.8) is 0 Å². The first-order chi connectivity index (χ1) is 13.6. The molecule has 1 aliphatic rings. The zero-order valence-corrected chi connectivity index (χ0v) is 15.5. The standard InChI is InChI=1S/C22H20N2O4/c1-14(21(26)17-13-23-18-9-4-2-7-15(17)18)28-22(27)16-8-3-5-10-19(16)24-12-6-11-20(24)25/h2-5,7-10,13-14,23H,6,11-12H2,1H3/t14-/m1/s1. The lowest BCUT2D eigenvalue weighted by atomic mass is 10.1. The molecular formula is C22H20N2O4. The second-order valence-corrected chi connectivity index (χ2v) is 6.83. The second kappa shape index (κ2) is 7.31. The number of carbonyl (C=O) groups excluding carboxylic acids is 3. The van der Waals surface area contributed by atoms with Gasteiger partial charge in [0, 0.05) is 35.6 Å². The highest BCUT2D eigenvalue weighted by Crippen LogP contribution is 2.27. The summed E-state index contributed by atoms with van der Waals surface area (Å²) in [5.41, 5.74) is 2.15. The Bertz CT molecular complexity index is 1070. The Hall–Kier alpha value is -3.41. The highest BCUT2D eigenvalue weighted by molar-refractivity contribution is 6.11. The SMILES string of the molecule is C[C@@H](OC(=O)c1ccccc1N1CCCC1=O)C(=O)c1c[nH]c2ccccc12. The molecule has 0 saturated carbocycles. The Morgan fingerprint density at radius 1 is 1.07 bits per heavy atom. The van der Waals surface area contributed by atoms with Gasteiger partial charge in [-0.05, 0) is 31.5 Å². The van der Waals surface area contributed by atoms with Crippen molar-refractivity contribution < 1.29 is 19.1 Å². The molecule has 1 amide bonds. The van der Waals surface area contributed by atoms with E-state index in [4.69, 9.17) is 4.74 Å². The maximum atomic E-state index is 12.8. The molecule has 1 atom stereocenters. The number of ketones is 1. The Morgan fingerprint density at radius 3 is 2.61 bits per heavy atom. The number of hydrogen-bond donors (Lipinski definition) is 1. The summed E-state index contributed by atoms with van der Waals surface area (Å²) in [6.07, 6.45) is 1.92. The third-order valence-corrected chi connectivity index (χ3v) is 5.00. The van der Waals surface area contributed by atoms with E-state index in [1.165, 1.54) is 0 Å². The number of ether oxygens (including phenoxy) is 1. The number of benzene rings is 2. The Balaban J connectivity index is 1.55. The maximum absolute atomic E-state index is 12.8. The lowest BCUT2D eigenvalue weighted by Crippen LogP contribution is -2.28. The van der Waals surface area contributed by atoms with Crippen LogP contribution in [0.5, 0.6) is 0 Å². The van der Waals surface area contributed by atoms with Crippen molar-refractivity contribution in [2.75, 3.05) is 11.4 Å². The van der Waals surface area contributed by atoms with E-state index in [9.17, 15) is 14.4 Å². The van der Waals surface area contributed by atoms with Crippen molar-refractivity contribution in [1.82, 2.24) is 4.98 Å². The minimum atomic E-state index is -0.950. The number of esters is 1. The summed E-state index contributed by atoms with van der Waals surface area (Å²) in [5, 5.41) is 0.790. The van der Waals surface area contributed by atoms with Crippen molar-refractivity contribution in [1.29, 1.82) is 0 Å². The van der Waals surface area contributed by atoms with E-state index in [1.807, 2.05) is 24.3 Å². The molecule has 0 unspecified atom stereocenters. The summed E-state index contributed by atoms with van der Waals surface area (Å²) in [5.74, 6) is -0.903. The van der Waals surface area contributed by atoms with Crippen LogP contribution in [0.2, 0.25) is 0 Å². The van der Waals surface area contributed by atoms with Crippen LogP contribution in [0, 0.1) is 0 Å². The number of nitrogens with zero attached hydrogens (tertiary/aromatic N) is 1. The lowest BCUT2D eigenvalue weighted by Gasteiger charge is -2.20. The fourth-order valence-electron chi connectivity index (χ4n) is 3.56. The predicted octanol–water partition coefficient (Wildman–Crippen LogP) is 3.72. The Kier molecular flexibility index (Phi) is 4.69. The molecule has 28 heavy (non-hydrogen) atoms. The number of nitrogens with one attached hydrogen (secondary N) is 1. The van der Waals surface area contributed by atoms with Crippen molar-refractivity contribution in [2.45, 2.75) is 25.9 Å². The molecule has 3 aromatic rings. The van der Waals surface area contributed by atoms with Gasteiger partial charge in [-0.2, -0.15) is 0 Å². The molecule has 4 rings (SSSR count). The molecule has 142 valence electrons. The van der Waals surface area contributed by atoms with E-state index >= 15 is 0 Å². The molecule has 1 aromatic heterocycles. The molecule has 6 heteroatoms. The van der Waals surface area contributed by atoms with Gasteiger partial charge in [0.15, 0.2) is 6.10 Å².